The number of amides is 1. The van der Waals surface area contributed by atoms with Crippen LogP contribution in [-0.4, -0.2) is 42.0 Å². The molecule has 0 aliphatic carbocycles. The molecule has 2 aliphatic heterocycles. The second kappa shape index (κ2) is 5.66. The lowest BCUT2D eigenvalue weighted by molar-refractivity contribution is 0.181. The van der Waals surface area contributed by atoms with E-state index in [1.54, 1.807) is 4.90 Å². The Morgan fingerprint density at radius 1 is 1.30 bits per heavy atom. The number of carbonyl (C=O) groups is 1. The predicted molar refractivity (Wildman–Crippen MR) is 83.3 cm³/mol. The number of carbonyl (C=O) groups excluding carboxylic acids is 1. The average molecular weight is 314 g/mol. The van der Waals surface area contributed by atoms with Crippen LogP contribution in [0.15, 0.2) is 28.8 Å². The SMILES string of the molecule is CC1NCCC1c1nc(-c2ccc(N3CCOC3=O)cc2)no1. The molecule has 4 rings (SSSR count). The number of ether oxygens (including phenoxy) is 1. The Morgan fingerprint density at radius 3 is 2.78 bits per heavy atom. The molecule has 2 unspecified atom stereocenters. The van der Waals surface area contributed by atoms with E-state index >= 15 is 0 Å². The number of cyclic esters (lactones) is 1. The number of nitrogens with one attached hydrogen (secondary N) is 1. The van der Waals surface area contributed by atoms with Crippen molar-refractivity contribution in [2.24, 2.45) is 0 Å². The lowest BCUT2D eigenvalue weighted by Gasteiger charge is -2.12. The number of aromatic nitrogens is 2. The van der Waals surface area contributed by atoms with Crippen LogP contribution in [0.25, 0.3) is 11.4 Å². The highest BCUT2D eigenvalue weighted by Crippen LogP contribution is 2.29. The zero-order chi connectivity index (χ0) is 15.8. The molecule has 23 heavy (non-hydrogen) atoms. The molecule has 0 radical (unpaired) electrons. The number of anilines is 1. The molecule has 7 heteroatoms. The van der Waals surface area contributed by atoms with E-state index in [0.29, 0.717) is 30.9 Å². The first kappa shape index (κ1) is 14.2. The van der Waals surface area contributed by atoms with Crippen molar-refractivity contribution in [1.29, 1.82) is 0 Å². The molecule has 2 fully saturated rings. The van der Waals surface area contributed by atoms with Crippen molar-refractivity contribution in [2.75, 3.05) is 24.6 Å². The summed E-state index contributed by atoms with van der Waals surface area (Å²) in [5, 5.41) is 7.47. The van der Waals surface area contributed by atoms with Crippen molar-refractivity contribution in [3.63, 3.8) is 0 Å². The normalized spacial score (nSPS) is 24.2. The number of rotatable bonds is 3. The van der Waals surface area contributed by atoms with Gasteiger partial charge in [-0.3, -0.25) is 4.90 Å². The highest BCUT2D eigenvalue weighted by atomic mass is 16.6. The van der Waals surface area contributed by atoms with Crippen LogP contribution >= 0.6 is 0 Å². The van der Waals surface area contributed by atoms with Gasteiger partial charge in [0.1, 0.15) is 6.61 Å². The summed E-state index contributed by atoms with van der Waals surface area (Å²) in [7, 11) is 0. The average Bonchev–Trinajstić information content (AvgIpc) is 3.28. The van der Waals surface area contributed by atoms with Crippen molar-refractivity contribution in [2.45, 2.75) is 25.3 Å². The quantitative estimate of drug-likeness (QED) is 0.935. The van der Waals surface area contributed by atoms with Crippen molar-refractivity contribution in [3.05, 3.63) is 30.2 Å². The van der Waals surface area contributed by atoms with E-state index in [2.05, 4.69) is 22.4 Å². The number of nitrogens with zero attached hydrogens (tertiary/aromatic N) is 3. The monoisotopic (exact) mass is 314 g/mol. The molecule has 7 nitrogen and oxygen atoms in total. The van der Waals surface area contributed by atoms with Gasteiger partial charge in [-0.15, -0.1) is 0 Å². The maximum atomic E-state index is 11.6. The van der Waals surface area contributed by atoms with Crippen molar-refractivity contribution < 1.29 is 14.1 Å². The second-order valence-electron chi connectivity index (χ2n) is 5.91. The first-order valence-corrected chi connectivity index (χ1v) is 7.84. The fourth-order valence-corrected chi connectivity index (χ4v) is 3.12. The zero-order valence-corrected chi connectivity index (χ0v) is 12.9. The largest absolute Gasteiger partial charge is 0.447 e. The fraction of sp³-hybridized carbons (Fsp3) is 0.438. The van der Waals surface area contributed by atoms with Crippen molar-refractivity contribution in [1.82, 2.24) is 15.5 Å². The van der Waals surface area contributed by atoms with Crippen LogP contribution in [0.2, 0.25) is 0 Å². The van der Waals surface area contributed by atoms with Crippen LogP contribution < -0.4 is 10.2 Å². The Kier molecular flexibility index (Phi) is 3.49. The Morgan fingerprint density at radius 2 is 2.13 bits per heavy atom. The second-order valence-corrected chi connectivity index (χ2v) is 5.91. The van der Waals surface area contributed by atoms with Crippen molar-refractivity contribution >= 4 is 11.8 Å². The van der Waals surface area contributed by atoms with Gasteiger partial charge >= 0.3 is 6.09 Å². The van der Waals surface area contributed by atoms with Crippen molar-refractivity contribution in [3.8, 4) is 11.4 Å². The third-order valence-electron chi connectivity index (χ3n) is 4.48. The molecule has 0 bridgehead atoms. The molecule has 1 N–H and O–H groups in total. The molecule has 1 aromatic carbocycles. The summed E-state index contributed by atoms with van der Waals surface area (Å²) < 4.78 is 10.4. The molecule has 2 aromatic rings. The van der Waals surface area contributed by atoms with E-state index in [1.165, 1.54) is 0 Å². The first-order valence-electron chi connectivity index (χ1n) is 7.84. The van der Waals surface area contributed by atoms with Crippen LogP contribution in [0.1, 0.15) is 25.2 Å². The first-order chi connectivity index (χ1) is 11.2. The number of benzene rings is 1. The standard InChI is InChI=1S/C16H18N4O3/c1-10-13(6-7-17-10)15-18-14(19-23-15)11-2-4-12(5-3-11)20-8-9-22-16(20)21/h2-5,10,13,17H,6-9H2,1H3. The van der Waals surface area contributed by atoms with E-state index in [9.17, 15) is 4.79 Å². The molecular weight excluding hydrogens is 296 g/mol. The van der Waals surface area contributed by atoms with Gasteiger partial charge in [0.2, 0.25) is 11.7 Å². The maximum Gasteiger partial charge on any atom is 0.414 e. The smallest absolute Gasteiger partial charge is 0.414 e. The molecule has 1 aromatic heterocycles. The Balaban J connectivity index is 1.54. The zero-order valence-electron chi connectivity index (χ0n) is 12.9. The van der Waals surface area contributed by atoms with Gasteiger partial charge in [-0.1, -0.05) is 5.16 Å². The highest BCUT2D eigenvalue weighted by Gasteiger charge is 2.29. The highest BCUT2D eigenvalue weighted by molar-refractivity contribution is 5.89. The van der Waals surface area contributed by atoms with Crippen LogP contribution in [0.5, 0.6) is 0 Å². The molecule has 2 saturated heterocycles. The molecule has 3 heterocycles. The molecule has 2 aliphatic rings. The summed E-state index contributed by atoms with van der Waals surface area (Å²) in [6, 6.07) is 7.89. The summed E-state index contributed by atoms with van der Waals surface area (Å²) in [5.41, 5.74) is 1.68. The number of hydrogen-bond acceptors (Lipinski definition) is 6. The maximum absolute atomic E-state index is 11.6. The Labute approximate surface area is 133 Å². The van der Waals surface area contributed by atoms with E-state index in [1.807, 2.05) is 24.3 Å². The topological polar surface area (TPSA) is 80.5 Å². The minimum atomic E-state index is -0.303. The third kappa shape index (κ3) is 2.57. The minimum absolute atomic E-state index is 0.273. The van der Waals surface area contributed by atoms with E-state index in [0.717, 1.165) is 24.2 Å². The van der Waals surface area contributed by atoms with Gasteiger partial charge in [-0.25, -0.2) is 4.79 Å². The number of hydrogen-bond donors (Lipinski definition) is 1. The van der Waals surface area contributed by atoms with Gasteiger partial charge in [0.05, 0.1) is 12.5 Å². The summed E-state index contributed by atoms with van der Waals surface area (Å²) in [5.74, 6) is 1.54. The molecular formula is C16H18N4O3. The van der Waals surface area contributed by atoms with E-state index < -0.39 is 0 Å². The van der Waals surface area contributed by atoms with Gasteiger partial charge in [0.25, 0.3) is 0 Å². The molecule has 2 atom stereocenters. The van der Waals surface area contributed by atoms with Gasteiger partial charge in [-0.2, -0.15) is 4.98 Å². The fourth-order valence-electron chi connectivity index (χ4n) is 3.12. The minimum Gasteiger partial charge on any atom is -0.447 e. The van der Waals surface area contributed by atoms with Gasteiger partial charge in [-0.05, 0) is 44.2 Å². The summed E-state index contributed by atoms with van der Waals surface area (Å²) in [4.78, 5) is 17.7. The van der Waals surface area contributed by atoms with E-state index in [4.69, 9.17) is 9.26 Å². The molecule has 0 spiro atoms. The lowest BCUT2D eigenvalue weighted by Crippen LogP contribution is -2.23. The van der Waals surface area contributed by atoms with E-state index in [-0.39, 0.29) is 12.0 Å². The van der Waals surface area contributed by atoms with Crippen LogP contribution in [-0.2, 0) is 4.74 Å². The van der Waals surface area contributed by atoms with Gasteiger partial charge in [0.15, 0.2) is 0 Å². The lowest BCUT2D eigenvalue weighted by atomic mass is 10.0. The van der Waals surface area contributed by atoms with Gasteiger partial charge < -0.3 is 14.6 Å². The summed E-state index contributed by atoms with van der Waals surface area (Å²) in [6.45, 7) is 4.12. The van der Waals surface area contributed by atoms with Gasteiger partial charge in [0, 0.05) is 17.3 Å². The Bertz CT molecular complexity index is 712. The van der Waals surface area contributed by atoms with Crippen LogP contribution in [0.3, 0.4) is 0 Å². The Hall–Kier alpha value is -2.41. The molecule has 1 amide bonds. The molecule has 120 valence electrons. The van der Waals surface area contributed by atoms with Crippen LogP contribution in [0.4, 0.5) is 10.5 Å². The third-order valence-corrected chi connectivity index (χ3v) is 4.48. The predicted octanol–water partition coefficient (Wildman–Crippen LogP) is 2.16. The molecule has 0 saturated carbocycles. The summed E-state index contributed by atoms with van der Waals surface area (Å²) in [6.07, 6.45) is 0.709. The van der Waals surface area contributed by atoms with Crippen LogP contribution in [0, 0.1) is 0 Å². The summed E-state index contributed by atoms with van der Waals surface area (Å²) >= 11 is 0.